The smallest absolute Gasteiger partial charge is 0.306 e. The molecule has 0 aromatic carbocycles. The fraction of sp³-hybridized carbons (Fsp3) is 0.831. The van der Waals surface area contributed by atoms with Gasteiger partial charge in [0.15, 0.2) is 6.10 Å². The van der Waals surface area contributed by atoms with E-state index in [1.165, 1.54) is 270 Å². The summed E-state index contributed by atoms with van der Waals surface area (Å²) in [6.07, 6.45) is 92.7. The molecule has 0 fully saturated rings. The van der Waals surface area contributed by atoms with Crippen LogP contribution in [0.4, 0.5) is 0 Å². The van der Waals surface area contributed by atoms with Gasteiger partial charge in [-0.15, -0.1) is 0 Å². The van der Waals surface area contributed by atoms with E-state index in [0.29, 0.717) is 19.3 Å². The SMILES string of the molecule is CC/C=C\C/C=C\C/C=C\C/C=C\CCCCC(=O)OCC(COC(=O)CCCCCCCCCCCCCCC/C=C\CCCCCCCCCC)OC(=O)CCCCCCCCCCCCCCCCCCCCCCCCCCC. The van der Waals surface area contributed by atoms with Crippen LogP contribution in [0.1, 0.15) is 393 Å². The van der Waals surface area contributed by atoms with Crippen LogP contribution in [-0.2, 0) is 28.6 Å². The first-order chi connectivity index (χ1) is 41.0. The first-order valence-electron chi connectivity index (χ1n) is 36.8. The van der Waals surface area contributed by atoms with E-state index in [-0.39, 0.29) is 31.1 Å². The first-order valence-corrected chi connectivity index (χ1v) is 36.8. The van der Waals surface area contributed by atoms with E-state index in [0.717, 1.165) is 83.5 Å². The second-order valence-corrected chi connectivity index (χ2v) is 24.8. The Bertz CT molecular complexity index is 1470. The van der Waals surface area contributed by atoms with Crippen molar-refractivity contribution in [1.29, 1.82) is 0 Å². The Hall–Kier alpha value is -2.89. The summed E-state index contributed by atoms with van der Waals surface area (Å²) in [7, 11) is 0. The number of rotatable bonds is 68. The summed E-state index contributed by atoms with van der Waals surface area (Å²) in [4.78, 5) is 38.5. The van der Waals surface area contributed by atoms with Gasteiger partial charge in [0, 0.05) is 19.3 Å². The summed E-state index contributed by atoms with van der Waals surface area (Å²) >= 11 is 0. The number of carbonyl (C=O) groups excluding carboxylic acids is 3. The minimum Gasteiger partial charge on any atom is -0.462 e. The lowest BCUT2D eigenvalue weighted by Gasteiger charge is -2.18. The molecule has 0 aliphatic heterocycles. The molecule has 6 nitrogen and oxygen atoms in total. The van der Waals surface area contributed by atoms with Crippen molar-refractivity contribution in [3.05, 3.63) is 60.8 Å². The molecule has 0 aliphatic carbocycles. The minimum atomic E-state index is -0.791. The number of esters is 3. The fourth-order valence-electron chi connectivity index (χ4n) is 11.0. The predicted octanol–water partition coefficient (Wildman–Crippen LogP) is 25.5. The first kappa shape index (κ1) is 80.1. The molecule has 1 atom stereocenters. The molecule has 0 radical (unpaired) electrons. The lowest BCUT2D eigenvalue weighted by molar-refractivity contribution is -0.167. The van der Waals surface area contributed by atoms with Gasteiger partial charge in [-0.2, -0.15) is 0 Å². The molecule has 484 valence electrons. The predicted molar refractivity (Wildman–Crippen MR) is 362 cm³/mol. The third kappa shape index (κ3) is 69.8. The van der Waals surface area contributed by atoms with Gasteiger partial charge in [-0.3, -0.25) is 14.4 Å². The van der Waals surface area contributed by atoms with Crippen LogP contribution < -0.4 is 0 Å². The molecule has 0 saturated heterocycles. The van der Waals surface area contributed by atoms with Gasteiger partial charge in [0.25, 0.3) is 0 Å². The van der Waals surface area contributed by atoms with Crippen molar-refractivity contribution in [3.63, 3.8) is 0 Å². The highest BCUT2D eigenvalue weighted by Crippen LogP contribution is 2.19. The van der Waals surface area contributed by atoms with Crippen molar-refractivity contribution < 1.29 is 28.6 Å². The Morgan fingerprint density at radius 3 is 0.771 bits per heavy atom. The Balaban J connectivity index is 4.28. The molecule has 83 heavy (non-hydrogen) atoms. The highest BCUT2D eigenvalue weighted by atomic mass is 16.6. The highest BCUT2D eigenvalue weighted by Gasteiger charge is 2.19. The van der Waals surface area contributed by atoms with Gasteiger partial charge in [0.2, 0.25) is 0 Å². The molecule has 0 rings (SSSR count). The van der Waals surface area contributed by atoms with Crippen LogP contribution in [0.2, 0.25) is 0 Å². The van der Waals surface area contributed by atoms with E-state index >= 15 is 0 Å². The van der Waals surface area contributed by atoms with Gasteiger partial charge in [-0.05, 0) is 83.5 Å². The number of allylic oxidation sites excluding steroid dienone is 10. The topological polar surface area (TPSA) is 78.9 Å². The zero-order chi connectivity index (χ0) is 59.9. The quantitative estimate of drug-likeness (QED) is 0.0261. The normalized spacial score (nSPS) is 12.4. The molecular weight excluding hydrogens is 1020 g/mol. The van der Waals surface area contributed by atoms with Crippen LogP contribution in [-0.4, -0.2) is 37.2 Å². The Morgan fingerprint density at radius 1 is 0.253 bits per heavy atom. The van der Waals surface area contributed by atoms with Gasteiger partial charge in [-0.1, -0.05) is 351 Å². The Morgan fingerprint density at radius 2 is 0.470 bits per heavy atom. The summed E-state index contributed by atoms with van der Waals surface area (Å²) < 4.78 is 17.0. The maximum absolute atomic E-state index is 13.0. The molecule has 1 unspecified atom stereocenters. The average Bonchev–Trinajstić information content (AvgIpc) is 3.49. The monoisotopic (exact) mass is 1160 g/mol. The van der Waals surface area contributed by atoms with Crippen LogP contribution in [0.15, 0.2) is 60.8 Å². The van der Waals surface area contributed by atoms with E-state index in [4.69, 9.17) is 14.2 Å². The van der Waals surface area contributed by atoms with Crippen LogP contribution in [0.3, 0.4) is 0 Å². The molecule has 0 saturated carbocycles. The summed E-state index contributed by atoms with van der Waals surface area (Å²) in [6.45, 7) is 6.56. The maximum Gasteiger partial charge on any atom is 0.306 e. The largest absolute Gasteiger partial charge is 0.462 e. The maximum atomic E-state index is 13.0. The molecule has 0 aromatic rings. The van der Waals surface area contributed by atoms with Crippen LogP contribution >= 0.6 is 0 Å². The zero-order valence-corrected chi connectivity index (χ0v) is 55.7. The van der Waals surface area contributed by atoms with Gasteiger partial charge < -0.3 is 14.2 Å². The number of unbranched alkanes of at least 4 members (excludes halogenated alkanes) is 47. The molecule has 6 heteroatoms. The highest BCUT2D eigenvalue weighted by molar-refractivity contribution is 5.71. The third-order valence-corrected chi connectivity index (χ3v) is 16.5. The molecule has 0 spiro atoms. The molecule has 0 N–H and O–H groups in total. The van der Waals surface area contributed by atoms with Gasteiger partial charge in [0.1, 0.15) is 13.2 Å². The van der Waals surface area contributed by atoms with Crippen molar-refractivity contribution in [3.8, 4) is 0 Å². The Kier molecular flexibility index (Phi) is 69.1. The van der Waals surface area contributed by atoms with Gasteiger partial charge in [0.05, 0.1) is 0 Å². The van der Waals surface area contributed by atoms with Crippen molar-refractivity contribution in [2.24, 2.45) is 0 Å². The van der Waals surface area contributed by atoms with E-state index < -0.39 is 6.10 Å². The lowest BCUT2D eigenvalue weighted by Crippen LogP contribution is -2.30. The number of hydrogen-bond donors (Lipinski definition) is 0. The summed E-state index contributed by atoms with van der Waals surface area (Å²) in [6, 6.07) is 0. The van der Waals surface area contributed by atoms with Crippen LogP contribution in [0, 0.1) is 0 Å². The number of hydrogen-bond acceptors (Lipinski definition) is 6. The zero-order valence-electron chi connectivity index (χ0n) is 55.7. The Labute approximate surface area is 517 Å². The number of ether oxygens (including phenoxy) is 3. The van der Waals surface area contributed by atoms with Crippen molar-refractivity contribution in [1.82, 2.24) is 0 Å². The molecule has 0 aromatic heterocycles. The summed E-state index contributed by atoms with van der Waals surface area (Å²) in [5, 5.41) is 0. The molecule has 0 bridgehead atoms. The van der Waals surface area contributed by atoms with E-state index in [1.54, 1.807) is 0 Å². The third-order valence-electron chi connectivity index (χ3n) is 16.5. The van der Waals surface area contributed by atoms with Gasteiger partial charge in [-0.25, -0.2) is 0 Å². The molecular formula is C77H140O6. The van der Waals surface area contributed by atoms with Crippen LogP contribution in [0.25, 0.3) is 0 Å². The second-order valence-electron chi connectivity index (χ2n) is 24.8. The van der Waals surface area contributed by atoms with E-state index in [2.05, 4.69) is 81.5 Å². The molecule has 0 aliphatic rings. The van der Waals surface area contributed by atoms with Crippen LogP contribution in [0.5, 0.6) is 0 Å². The average molecular weight is 1160 g/mol. The number of carbonyl (C=O) groups is 3. The molecule has 0 amide bonds. The van der Waals surface area contributed by atoms with E-state index in [9.17, 15) is 14.4 Å². The van der Waals surface area contributed by atoms with Crippen molar-refractivity contribution in [2.45, 2.75) is 399 Å². The summed E-state index contributed by atoms with van der Waals surface area (Å²) in [5.74, 6) is -0.901. The second kappa shape index (κ2) is 71.6. The molecule has 0 heterocycles. The summed E-state index contributed by atoms with van der Waals surface area (Å²) in [5.41, 5.74) is 0. The fourth-order valence-corrected chi connectivity index (χ4v) is 11.0. The standard InChI is InChI=1S/C77H140O6/c1-4-7-10-13-16-19-22-25-28-30-32-34-36-38-40-42-44-46-49-52-55-58-61-64-67-70-76(79)82-73-74(72-81-75(78)69-66-63-60-57-54-51-48-27-24-21-18-15-12-9-6-3)83-77(80)71-68-65-62-59-56-53-50-47-45-43-41-39-37-35-33-31-29-26-23-20-17-14-11-8-5-2/h9,12,18,21,27,30,32,48,54,57,74H,4-8,10-11,13-17,19-20,22-26,28-29,31,33-47,49-53,55-56,58-73H2,1-3H3/b12-9-,21-18-,32-30-,48-27-,57-54-. The lowest BCUT2D eigenvalue weighted by atomic mass is 10.0. The van der Waals surface area contributed by atoms with Gasteiger partial charge >= 0.3 is 17.9 Å². The van der Waals surface area contributed by atoms with E-state index in [1.807, 2.05) is 0 Å². The van der Waals surface area contributed by atoms with Crippen molar-refractivity contribution >= 4 is 17.9 Å². The minimum absolute atomic E-state index is 0.0834. The van der Waals surface area contributed by atoms with Crippen molar-refractivity contribution in [2.75, 3.05) is 13.2 Å².